The number of rotatable bonds is 2. The van der Waals surface area contributed by atoms with E-state index in [1.54, 1.807) is 12.3 Å². The Hall–Kier alpha value is -1.76. The fraction of sp³-hybridized carbons (Fsp3) is 0.500. The lowest BCUT2D eigenvalue weighted by molar-refractivity contribution is 0.647. The number of pyridine rings is 1. The van der Waals surface area contributed by atoms with Gasteiger partial charge in [-0.2, -0.15) is 5.26 Å². The number of hydrogen-bond acceptors (Lipinski definition) is 4. The lowest BCUT2D eigenvalue weighted by Crippen LogP contribution is -2.30. The molecule has 1 aliphatic carbocycles. The van der Waals surface area contributed by atoms with Gasteiger partial charge in [0.05, 0.1) is 11.3 Å². The zero-order valence-electron chi connectivity index (χ0n) is 9.48. The van der Waals surface area contributed by atoms with Crippen molar-refractivity contribution in [3.63, 3.8) is 0 Å². The first-order valence-electron chi connectivity index (χ1n) is 5.61. The van der Waals surface area contributed by atoms with E-state index >= 15 is 0 Å². The van der Waals surface area contributed by atoms with E-state index in [1.807, 2.05) is 13.1 Å². The van der Waals surface area contributed by atoms with Crippen LogP contribution in [-0.2, 0) is 0 Å². The van der Waals surface area contributed by atoms with E-state index in [0.717, 1.165) is 5.82 Å². The van der Waals surface area contributed by atoms with Gasteiger partial charge in [-0.05, 0) is 18.9 Å². The predicted molar refractivity (Wildman–Crippen MR) is 64.0 cm³/mol. The lowest BCUT2D eigenvalue weighted by atomic mass is 10.2. The van der Waals surface area contributed by atoms with Crippen molar-refractivity contribution in [1.82, 2.24) is 4.98 Å². The molecule has 4 heteroatoms. The molecular weight excluding hydrogens is 200 g/mol. The van der Waals surface area contributed by atoms with Crippen LogP contribution < -0.4 is 10.6 Å². The molecule has 2 rings (SSSR count). The van der Waals surface area contributed by atoms with E-state index < -0.39 is 0 Å². The summed E-state index contributed by atoms with van der Waals surface area (Å²) in [6.45, 7) is 0. The first-order chi connectivity index (χ1) is 7.72. The van der Waals surface area contributed by atoms with Crippen LogP contribution in [0.25, 0.3) is 0 Å². The van der Waals surface area contributed by atoms with Crippen molar-refractivity contribution in [1.29, 1.82) is 5.26 Å². The summed E-state index contributed by atoms with van der Waals surface area (Å²) in [5.41, 5.74) is 7.02. The fourth-order valence-electron chi connectivity index (χ4n) is 2.29. The molecule has 1 aliphatic rings. The molecule has 0 aromatic carbocycles. The van der Waals surface area contributed by atoms with Gasteiger partial charge in [0, 0.05) is 19.3 Å². The molecule has 1 fully saturated rings. The highest BCUT2D eigenvalue weighted by molar-refractivity contribution is 5.64. The summed E-state index contributed by atoms with van der Waals surface area (Å²) in [4.78, 5) is 6.41. The van der Waals surface area contributed by atoms with Gasteiger partial charge in [0.2, 0.25) is 0 Å². The van der Waals surface area contributed by atoms with Gasteiger partial charge in [-0.3, -0.25) is 0 Å². The monoisotopic (exact) mass is 216 g/mol. The Labute approximate surface area is 95.7 Å². The first-order valence-corrected chi connectivity index (χ1v) is 5.61. The molecule has 0 amide bonds. The van der Waals surface area contributed by atoms with E-state index in [-0.39, 0.29) is 0 Å². The Morgan fingerprint density at radius 1 is 1.50 bits per heavy atom. The largest absolute Gasteiger partial charge is 0.396 e. The van der Waals surface area contributed by atoms with Crippen molar-refractivity contribution < 1.29 is 0 Å². The molecule has 16 heavy (non-hydrogen) atoms. The highest BCUT2D eigenvalue weighted by Gasteiger charge is 2.21. The van der Waals surface area contributed by atoms with Crippen LogP contribution in [0.2, 0.25) is 0 Å². The molecular formula is C12H16N4. The summed E-state index contributed by atoms with van der Waals surface area (Å²) in [5, 5.41) is 8.74. The van der Waals surface area contributed by atoms with Crippen molar-refractivity contribution >= 4 is 11.5 Å². The molecule has 0 saturated heterocycles. The van der Waals surface area contributed by atoms with Crippen molar-refractivity contribution in [3.8, 4) is 6.07 Å². The van der Waals surface area contributed by atoms with Crippen molar-refractivity contribution in [3.05, 3.63) is 17.8 Å². The zero-order valence-corrected chi connectivity index (χ0v) is 9.48. The molecule has 1 saturated carbocycles. The van der Waals surface area contributed by atoms with E-state index in [9.17, 15) is 0 Å². The van der Waals surface area contributed by atoms with Crippen LogP contribution in [0.15, 0.2) is 12.3 Å². The predicted octanol–water partition coefficient (Wildman–Crippen LogP) is 1.91. The minimum absolute atomic E-state index is 0.515. The van der Waals surface area contributed by atoms with Crippen molar-refractivity contribution in [2.45, 2.75) is 31.7 Å². The molecule has 84 valence electrons. The van der Waals surface area contributed by atoms with Crippen LogP contribution in [0.3, 0.4) is 0 Å². The second-order valence-corrected chi connectivity index (χ2v) is 4.30. The van der Waals surface area contributed by atoms with Gasteiger partial charge >= 0.3 is 0 Å². The Morgan fingerprint density at radius 3 is 2.75 bits per heavy atom. The highest BCUT2D eigenvalue weighted by atomic mass is 15.2. The third-order valence-electron chi connectivity index (χ3n) is 3.23. The second-order valence-electron chi connectivity index (χ2n) is 4.30. The Kier molecular flexibility index (Phi) is 2.95. The highest BCUT2D eigenvalue weighted by Crippen LogP contribution is 2.29. The van der Waals surface area contributed by atoms with Crippen LogP contribution in [0.1, 0.15) is 31.2 Å². The molecule has 2 N–H and O–H groups in total. The quantitative estimate of drug-likeness (QED) is 0.820. The van der Waals surface area contributed by atoms with Crippen LogP contribution in [0, 0.1) is 11.3 Å². The van der Waals surface area contributed by atoms with E-state index in [4.69, 9.17) is 11.0 Å². The summed E-state index contributed by atoms with van der Waals surface area (Å²) in [5.74, 6) is 0.797. The summed E-state index contributed by atoms with van der Waals surface area (Å²) >= 11 is 0. The Morgan fingerprint density at radius 2 is 2.19 bits per heavy atom. The molecule has 0 radical (unpaired) electrons. The molecule has 0 atom stereocenters. The van der Waals surface area contributed by atoms with Gasteiger partial charge in [0.25, 0.3) is 0 Å². The molecule has 1 aromatic heterocycles. The minimum Gasteiger partial charge on any atom is -0.396 e. The van der Waals surface area contributed by atoms with Gasteiger partial charge in [0.1, 0.15) is 6.07 Å². The third kappa shape index (κ3) is 1.94. The van der Waals surface area contributed by atoms with Crippen LogP contribution >= 0.6 is 0 Å². The Balaban J connectivity index is 2.23. The van der Waals surface area contributed by atoms with Gasteiger partial charge in [-0.1, -0.05) is 12.8 Å². The van der Waals surface area contributed by atoms with Gasteiger partial charge < -0.3 is 10.6 Å². The Bertz CT molecular complexity index is 416. The second kappa shape index (κ2) is 4.40. The maximum absolute atomic E-state index is 8.74. The maximum Gasteiger partial charge on any atom is 0.151 e. The standard InChI is InChI=1S/C12H16N4/c1-16(10-4-2-3-5-10)12-11(14)6-9(7-13)8-15-12/h6,8,10H,2-5,14H2,1H3. The number of aromatic nitrogens is 1. The number of nitrogens with two attached hydrogens (primary N) is 1. The average molecular weight is 216 g/mol. The third-order valence-corrected chi connectivity index (χ3v) is 3.23. The zero-order chi connectivity index (χ0) is 11.5. The minimum atomic E-state index is 0.515. The van der Waals surface area contributed by atoms with Gasteiger partial charge in [0.15, 0.2) is 5.82 Å². The first kappa shape index (κ1) is 10.7. The van der Waals surface area contributed by atoms with Gasteiger partial charge in [-0.15, -0.1) is 0 Å². The van der Waals surface area contributed by atoms with Gasteiger partial charge in [-0.25, -0.2) is 4.98 Å². The molecule has 0 bridgehead atoms. The number of nitriles is 1. The van der Waals surface area contributed by atoms with Crippen molar-refractivity contribution in [2.75, 3.05) is 17.7 Å². The summed E-state index contributed by atoms with van der Waals surface area (Å²) < 4.78 is 0. The van der Waals surface area contributed by atoms with E-state index in [2.05, 4.69) is 9.88 Å². The molecule has 0 aliphatic heterocycles. The van der Waals surface area contributed by atoms with Crippen molar-refractivity contribution in [2.24, 2.45) is 0 Å². The molecule has 1 heterocycles. The molecule has 1 aromatic rings. The maximum atomic E-state index is 8.74. The normalized spacial score (nSPS) is 16.0. The number of nitrogens with zero attached hydrogens (tertiary/aromatic N) is 3. The van der Waals surface area contributed by atoms with Crippen LogP contribution in [0.4, 0.5) is 11.5 Å². The molecule has 4 nitrogen and oxygen atoms in total. The smallest absolute Gasteiger partial charge is 0.151 e. The fourth-order valence-corrected chi connectivity index (χ4v) is 2.29. The number of nitrogen functional groups attached to an aromatic ring is 1. The average Bonchev–Trinajstić information content (AvgIpc) is 2.81. The topological polar surface area (TPSA) is 65.9 Å². The summed E-state index contributed by atoms with van der Waals surface area (Å²) in [6.07, 6.45) is 6.56. The van der Waals surface area contributed by atoms with E-state index in [1.165, 1.54) is 25.7 Å². The summed E-state index contributed by atoms with van der Waals surface area (Å²) in [6, 6.07) is 4.27. The molecule has 0 spiro atoms. The van der Waals surface area contributed by atoms with Crippen LogP contribution in [-0.4, -0.2) is 18.1 Å². The lowest BCUT2D eigenvalue weighted by Gasteiger charge is -2.26. The number of anilines is 2. The number of hydrogen-bond donors (Lipinski definition) is 1. The van der Waals surface area contributed by atoms with E-state index in [0.29, 0.717) is 17.3 Å². The summed E-state index contributed by atoms with van der Waals surface area (Å²) in [7, 11) is 2.03. The SMILES string of the molecule is CN(c1ncc(C#N)cc1N)C1CCCC1. The molecule has 0 unspecified atom stereocenters. The van der Waals surface area contributed by atoms with Crippen LogP contribution in [0.5, 0.6) is 0 Å².